The summed E-state index contributed by atoms with van der Waals surface area (Å²) >= 11 is 6.34. The number of nitrogens with zero attached hydrogens (tertiary/aromatic N) is 1. The molecule has 0 aromatic carbocycles. The Hall–Kier alpha value is -1.04. The number of pyridine rings is 1. The highest BCUT2D eigenvalue weighted by atomic mass is 35.5. The van der Waals surface area contributed by atoms with E-state index in [0.717, 1.165) is 11.3 Å². The molecule has 152 valence electrons. The topological polar surface area (TPSA) is 57.4 Å². The molecule has 1 aromatic rings. The Bertz CT molecular complexity index is 642. The van der Waals surface area contributed by atoms with Crippen molar-refractivity contribution >= 4 is 31.4 Å². The number of alkyl halides is 1. The molecule has 0 saturated carbocycles. The average molecular weight is 411 g/mol. The molecule has 0 bridgehead atoms. The van der Waals surface area contributed by atoms with Gasteiger partial charge in [-0.15, -0.1) is 11.6 Å². The fourth-order valence-electron chi connectivity index (χ4n) is 4.67. The molecular formula is C21H35ClN2O2Si. The highest BCUT2D eigenvalue weighted by molar-refractivity contribution is 6.77. The van der Waals surface area contributed by atoms with E-state index >= 15 is 0 Å². The number of aromatic nitrogens is 1. The van der Waals surface area contributed by atoms with Crippen molar-refractivity contribution < 1.29 is 9.16 Å². The van der Waals surface area contributed by atoms with Gasteiger partial charge in [0.05, 0.1) is 23.9 Å². The molecule has 0 saturated heterocycles. The summed E-state index contributed by atoms with van der Waals surface area (Å²) in [5.74, 6) is 1.35. The van der Waals surface area contributed by atoms with Crippen LogP contribution in [0.3, 0.4) is 0 Å². The molecular weight excluding hydrogens is 376 g/mol. The lowest BCUT2D eigenvalue weighted by atomic mass is 9.95. The number of nitrogens with two attached hydrogens (primary N) is 1. The van der Waals surface area contributed by atoms with Crippen LogP contribution in [-0.4, -0.2) is 31.4 Å². The Labute approximate surface area is 170 Å². The summed E-state index contributed by atoms with van der Waals surface area (Å²) in [7, 11) is -2.03. The first kappa shape index (κ1) is 22.2. The maximum Gasteiger partial charge on any atom is 0.200 e. The SMILES string of the molecule is CC(C)[Si](O[C@H]1[C@H](C)C=C(c2ccncc2N)O[C@@H]1CCl)(C(C)C)C(C)C. The second-order valence-corrected chi connectivity index (χ2v) is 14.3. The van der Waals surface area contributed by atoms with Crippen molar-refractivity contribution in [2.45, 2.75) is 77.3 Å². The van der Waals surface area contributed by atoms with Gasteiger partial charge in [0.1, 0.15) is 11.9 Å². The quantitative estimate of drug-likeness (QED) is 0.453. The van der Waals surface area contributed by atoms with Crippen molar-refractivity contribution in [3.8, 4) is 0 Å². The molecule has 3 atom stereocenters. The van der Waals surface area contributed by atoms with Crippen molar-refractivity contribution in [1.29, 1.82) is 0 Å². The third-order valence-corrected chi connectivity index (χ3v) is 12.3. The molecule has 0 aliphatic carbocycles. The molecule has 0 radical (unpaired) electrons. The molecule has 0 unspecified atom stereocenters. The van der Waals surface area contributed by atoms with Gasteiger partial charge in [0, 0.05) is 17.7 Å². The van der Waals surface area contributed by atoms with Gasteiger partial charge in [-0.1, -0.05) is 48.5 Å². The summed E-state index contributed by atoms with van der Waals surface area (Å²) in [5.41, 5.74) is 9.12. The van der Waals surface area contributed by atoms with Crippen LogP contribution in [0.5, 0.6) is 0 Å². The van der Waals surface area contributed by atoms with Gasteiger partial charge in [-0.25, -0.2) is 0 Å². The van der Waals surface area contributed by atoms with E-state index in [0.29, 0.717) is 28.2 Å². The van der Waals surface area contributed by atoms with Gasteiger partial charge in [-0.3, -0.25) is 4.98 Å². The van der Waals surface area contributed by atoms with Gasteiger partial charge >= 0.3 is 0 Å². The van der Waals surface area contributed by atoms with Crippen LogP contribution in [0.2, 0.25) is 16.6 Å². The number of anilines is 1. The molecule has 0 amide bonds. The van der Waals surface area contributed by atoms with Crippen molar-refractivity contribution in [1.82, 2.24) is 4.98 Å². The van der Waals surface area contributed by atoms with E-state index < -0.39 is 8.32 Å². The van der Waals surface area contributed by atoms with Crippen molar-refractivity contribution in [2.75, 3.05) is 11.6 Å². The molecule has 2 heterocycles. The standard InChI is InChI=1S/C21H35ClN2O2Si/c1-13(2)27(14(3)4,15(5)6)26-21-16(7)10-19(25-20(21)11-22)17-8-9-24-12-18(17)23/h8-10,12-16,20-21H,11,23H2,1-7H3/t16-,20-,21+/m1/s1. The first-order chi connectivity index (χ1) is 12.6. The third kappa shape index (κ3) is 4.35. The van der Waals surface area contributed by atoms with Gasteiger partial charge in [-0.2, -0.15) is 0 Å². The van der Waals surface area contributed by atoms with Gasteiger partial charge in [-0.05, 0) is 28.8 Å². The summed E-state index contributed by atoms with van der Waals surface area (Å²) in [6, 6.07) is 1.88. The fraction of sp³-hybridized carbons (Fsp3) is 0.667. The van der Waals surface area contributed by atoms with Crippen LogP contribution < -0.4 is 5.73 Å². The molecule has 0 spiro atoms. The van der Waals surface area contributed by atoms with Gasteiger partial charge in [0.2, 0.25) is 8.32 Å². The predicted molar refractivity (Wildman–Crippen MR) is 117 cm³/mol. The van der Waals surface area contributed by atoms with E-state index in [1.54, 1.807) is 12.4 Å². The van der Waals surface area contributed by atoms with Crippen molar-refractivity contribution in [3.63, 3.8) is 0 Å². The Kier molecular flexibility index (Phi) is 7.39. The minimum atomic E-state index is -2.03. The maximum absolute atomic E-state index is 7.03. The largest absolute Gasteiger partial charge is 0.486 e. The van der Waals surface area contributed by atoms with Gasteiger partial charge in [0.15, 0.2) is 0 Å². The van der Waals surface area contributed by atoms with E-state index in [-0.39, 0.29) is 18.1 Å². The lowest BCUT2D eigenvalue weighted by molar-refractivity contribution is 0.00449. The van der Waals surface area contributed by atoms with Crippen LogP contribution in [0, 0.1) is 5.92 Å². The summed E-state index contributed by atoms with van der Waals surface area (Å²) < 4.78 is 13.3. The number of ether oxygens (including phenoxy) is 1. The Balaban J connectivity index is 2.39. The van der Waals surface area contributed by atoms with Crippen molar-refractivity contribution in [2.24, 2.45) is 5.92 Å². The molecule has 1 aliphatic heterocycles. The first-order valence-corrected chi connectivity index (χ1v) is 12.6. The maximum atomic E-state index is 7.03. The highest BCUT2D eigenvalue weighted by Crippen LogP contribution is 2.45. The van der Waals surface area contributed by atoms with E-state index in [1.165, 1.54) is 0 Å². The third-order valence-electron chi connectivity index (χ3n) is 5.89. The highest BCUT2D eigenvalue weighted by Gasteiger charge is 2.49. The molecule has 1 aliphatic rings. The number of hydrogen-bond acceptors (Lipinski definition) is 4. The van der Waals surface area contributed by atoms with E-state index in [4.69, 9.17) is 26.5 Å². The zero-order valence-electron chi connectivity index (χ0n) is 17.7. The molecule has 27 heavy (non-hydrogen) atoms. The van der Waals surface area contributed by atoms with Crippen LogP contribution in [0.4, 0.5) is 5.69 Å². The first-order valence-electron chi connectivity index (χ1n) is 9.97. The zero-order valence-corrected chi connectivity index (χ0v) is 19.5. The van der Waals surface area contributed by atoms with Crippen LogP contribution in [0.25, 0.3) is 5.76 Å². The number of rotatable bonds is 7. The molecule has 0 fully saturated rings. The molecule has 1 aromatic heterocycles. The van der Waals surface area contributed by atoms with Crippen LogP contribution in [-0.2, 0) is 9.16 Å². The molecule has 2 rings (SSSR count). The monoisotopic (exact) mass is 410 g/mol. The van der Waals surface area contributed by atoms with Crippen LogP contribution in [0.15, 0.2) is 24.5 Å². The lowest BCUT2D eigenvalue weighted by Gasteiger charge is -2.48. The Morgan fingerprint density at radius 3 is 2.26 bits per heavy atom. The zero-order chi connectivity index (χ0) is 20.4. The number of halogens is 1. The summed E-state index contributed by atoms with van der Waals surface area (Å²) in [6.45, 7) is 16.0. The molecule has 6 heteroatoms. The minimum Gasteiger partial charge on any atom is -0.486 e. The van der Waals surface area contributed by atoms with Gasteiger partial charge < -0.3 is 14.9 Å². The summed E-state index contributed by atoms with van der Waals surface area (Å²) in [4.78, 5) is 4.07. The van der Waals surface area contributed by atoms with Gasteiger partial charge in [0.25, 0.3) is 0 Å². The normalized spacial score (nSPS) is 23.7. The number of nitrogen functional groups attached to an aromatic ring is 1. The smallest absolute Gasteiger partial charge is 0.200 e. The molecule has 4 nitrogen and oxygen atoms in total. The summed E-state index contributed by atoms with van der Waals surface area (Å²) in [5, 5.41) is 0. The Morgan fingerprint density at radius 1 is 1.19 bits per heavy atom. The summed E-state index contributed by atoms with van der Waals surface area (Å²) in [6.07, 6.45) is 5.26. The van der Waals surface area contributed by atoms with E-state index in [1.807, 2.05) is 6.07 Å². The fourth-order valence-corrected chi connectivity index (χ4v) is 10.6. The van der Waals surface area contributed by atoms with E-state index in [2.05, 4.69) is 59.5 Å². The van der Waals surface area contributed by atoms with Crippen LogP contribution in [0.1, 0.15) is 54.0 Å². The molecule has 2 N–H and O–H groups in total. The second kappa shape index (κ2) is 8.97. The predicted octanol–water partition coefficient (Wildman–Crippen LogP) is 5.84. The lowest BCUT2D eigenvalue weighted by Crippen LogP contribution is -2.55. The Morgan fingerprint density at radius 2 is 1.78 bits per heavy atom. The van der Waals surface area contributed by atoms with Crippen LogP contribution >= 0.6 is 11.6 Å². The second-order valence-electron chi connectivity index (χ2n) is 8.56. The minimum absolute atomic E-state index is 0.0480. The van der Waals surface area contributed by atoms with E-state index in [9.17, 15) is 0 Å². The average Bonchev–Trinajstić information content (AvgIpc) is 2.59. The van der Waals surface area contributed by atoms with Crippen molar-refractivity contribution in [3.05, 3.63) is 30.1 Å². The number of hydrogen-bond donors (Lipinski definition) is 1.